The number of carbonyl (C=O) groups is 2. The summed E-state index contributed by atoms with van der Waals surface area (Å²) < 4.78 is 9.67. The molecule has 0 aromatic carbocycles. The number of hydrogen-bond donors (Lipinski definition) is 0. The van der Waals surface area contributed by atoms with Crippen LogP contribution in [0.2, 0.25) is 0 Å². The zero-order valence-corrected chi connectivity index (χ0v) is 10.9. The molecule has 0 aliphatic heterocycles. The maximum Gasteiger partial charge on any atom is 0.320 e. The highest BCUT2D eigenvalue weighted by atomic mass is 79.9. The smallest absolute Gasteiger partial charge is 0.320 e. The Labute approximate surface area is 98.4 Å². The van der Waals surface area contributed by atoms with Crippen LogP contribution >= 0.6 is 15.9 Å². The maximum atomic E-state index is 11.5. The first kappa shape index (κ1) is 14.4. The molecule has 0 fully saturated rings. The zero-order chi connectivity index (χ0) is 11.8. The number of halogens is 1. The number of hydrogen-bond acceptors (Lipinski definition) is 4. The summed E-state index contributed by atoms with van der Waals surface area (Å²) >= 11 is 3.24. The third kappa shape index (κ3) is 4.64. The highest BCUT2D eigenvalue weighted by Gasteiger charge is 2.34. The Hall–Kier alpha value is -0.580. The summed E-state index contributed by atoms with van der Waals surface area (Å²) in [6, 6.07) is 0. The second kappa shape index (κ2) is 7.68. The summed E-state index contributed by atoms with van der Waals surface area (Å²) in [7, 11) is 0. The van der Waals surface area contributed by atoms with Crippen LogP contribution in [-0.2, 0) is 19.1 Å². The van der Waals surface area contributed by atoms with Crippen molar-refractivity contribution in [3.63, 3.8) is 0 Å². The van der Waals surface area contributed by atoms with E-state index >= 15 is 0 Å². The minimum atomic E-state index is -0.829. The van der Waals surface area contributed by atoms with Crippen molar-refractivity contribution in [1.82, 2.24) is 0 Å². The molecule has 15 heavy (non-hydrogen) atoms. The van der Waals surface area contributed by atoms with Crippen molar-refractivity contribution in [2.45, 2.75) is 20.8 Å². The molecule has 0 radical (unpaired) electrons. The van der Waals surface area contributed by atoms with Gasteiger partial charge in [0.05, 0.1) is 13.2 Å². The lowest BCUT2D eigenvalue weighted by atomic mass is 9.96. The van der Waals surface area contributed by atoms with Crippen LogP contribution < -0.4 is 0 Å². The molecule has 0 rings (SSSR count). The van der Waals surface area contributed by atoms with Crippen molar-refractivity contribution in [2.24, 2.45) is 11.8 Å². The van der Waals surface area contributed by atoms with Gasteiger partial charge in [0.1, 0.15) is 0 Å². The first-order valence-electron chi connectivity index (χ1n) is 4.97. The number of carbonyl (C=O) groups excluding carboxylic acids is 2. The highest BCUT2D eigenvalue weighted by molar-refractivity contribution is 9.09. The summed E-state index contributed by atoms with van der Waals surface area (Å²) in [6.45, 7) is 5.75. The molecule has 0 saturated carbocycles. The molecule has 0 aromatic heterocycles. The Kier molecular flexibility index (Phi) is 7.38. The van der Waals surface area contributed by atoms with E-state index in [0.29, 0.717) is 5.33 Å². The summed E-state index contributed by atoms with van der Waals surface area (Å²) in [6.07, 6.45) is 0. The van der Waals surface area contributed by atoms with E-state index in [0.717, 1.165) is 0 Å². The monoisotopic (exact) mass is 280 g/mol. The van der Waals surface area contributed by atoms with Crippen molar-refractivity contribution in [3.05, 3.63) is 0 Å². The van der Waals surface area contributed by atoms with Crippen LogP contribution in [0.4, 0.5) is 0 Å². The largest absolute Gasteiger partial charge is 0.465 e. The number of rotatable bonds is 6. The standard InChI is InChI=1S/C10H17BrO4/c1-4-14-9(12)8(7(3)6-11)10(13)15-5-2/h7-8H,4-6H2,1-3H3/t7-/m1/s1. The number of ether oxygens (including phenoxy) is 2. The molecule has 0 heterocycles. The first-order valence-corrected chi connectivity index (χ1v) is 6.09. The zero-order valence-electron chi connectivity index (χ0n) is 9.29. The van der Waals surface area contributed by atoms with Crippen molar-refractivity contribution in [2.75, 3.05) is 18.5 Å². The molecule has 88 valence electrons. The lowest BCUT2D eigenvalue weighted by molar-refractivity contribution is -0.163. The normalized spacial score (nSPS) is 12.3. The van der Waals surface area contributed by atoms with Gasteiger partial charge in [0.25, 0.3) is 0 Å². The fourth-order valence-electron chi connectivity index (χ4n) is 1.11. The molecular formula is C10H17BrO4. The van der Waals surface area contributed by atoms with E-state index < -0.39 is 17.9 Å². The lowest BCUT2D eigenvalue weighted by Crippen LogP contribution is -2.34. The van der Waals surface area contributed by atoms with E-state index in [2.05, 4.69) is 15.9 Å². The van der Waals surface area contributed by atoms with Crippen molar-refractivity contribution in [3.8, 4) is 0 Å². The number of esters is 2. The fourth-order valence-corrected chi connectivity index (χ4v) is 1.49. The molecule has 0 amide bonds. The van der Waals surface area contributed by atoms with Gasteiger partial charge in [0, 0.05) is 5.33 Å². The van der Waals surface area contributed by atoms with Crippen LogP contribution in [-0.4, -0.2) is 30.5 Å². The van der Waals surface area contributed by atoms with Crippen LogP contribution in [0, 0.1) is 11.8 Å². The van der Waals surface area contributed by atoms with Crippen LogP contribution in [0.5, 0.6) is 0 Å². The molecule has 5 heteroatoms. The third-order valence-electron chi connectivity index (χ3n) is 1.89. The average Bonchev–Trinajstić information content (AvgIpc) is 2.18. The van der Waals surface area contributed by atoms with Gasteiger partial charge in [-0.15, -0.1) is 0 Å². The van der Waals surface area contributed by atoms with E-state index in [1.54, 1.807) is 20.8 Å². The van der Waals surface area contributed by atoms with Gasteiger partial charge in [-0.3, -0.25) is 9.59 Å². The van der Waals surface area contributed by atoms with Gasteiger partial charge in [-0.05, 0) is 19.8 Å². The number of alkyl halides is 1. The predicted molar refractivity (Wildman–Crippen MR) is 59.7 cm³/mol. The SMILES string of the molecule is CCOC(=O)C(C(=O)OCC)[C@H](C)CBr. The molecule has 0 N–H and O–H groups in total. The van der Waals surface area contributed by atoms with Crippen LogP contribution in [0.1, 0.15) is 20.8 Å². The molecule has 0 aromatic rings. The Balaban J connectivity index is 4.56. The van der Waals surface area contributed by atoms with Gasteiger partial charge >= 0.3 is 11.9 Å². The summed E-state index contributed by atoms with van der Waals surface area (Å²) in [5, 5.41) is 0.551. The highest BCUT2D eigenvalue weighted by Crippen LogP contribution is 2.17. The van der Waals surface area contributed by atoms with E-state index in [1.807, 2.05) is 0 Å². The lowest BCUT2D eigenvalue weighted by Gasteiger charge is -2.18. The molecule has 0 saturated heterocycles. The van der Waals surface area contributed by atoms with Gasteiger partial charge in [0.2, 0.25) is 0 Å². The second-order valence-corrected chi connectivity index (χ2v) is 3.76. The Morgan fingerprint density at radius 2 is 1.53 bits per heavy atom. The van der Waals surface area contributed by atoms with Crippen LogP contribution in [0.25, 0.3) is 0 Å². The van der Waals surface area contributed by atoms with Gasteiger partial charge in [-0.2, -0.15) is 0 Å². The predicted octanol–water partition coefficient (Wildman–Crippen LogP) is 1.76. The van der Waals surface area contributed by atoms with Crippen molar-refractivity contribution < 1.29 is 19.1 Å². The minimum absolute atomic E-state index is 0.136. The topological polar surface area (TPSA) is 52.6 Å². The second-order valence-electron chi connectivity index (χ2n) is 3.11. The molecule has 4 nitrogen and oxygen atoms in total. The van der Waals surface area contributed by atoms with Crippen LogP contribution in [0.3, 0.4) is 0 Å². The van der Waals surface area contributed by atoms with E-state index in [9.17, 15) is 9.59 Å². The summed E-state index contributed by atoms with van der Waals surface area (Å²) in [5.74, 6) is -1.99. The van der Waals surface area contributed by atoms with Gasteiger partial charge in [-0.25, -0.2) is 0 Å². The molecule has 0 bridgehead atoms. The molecule has 0 unspecified atom stereocenters. The van der Waals surface area contributed by atoms with Gasteiger partial charge in [-0.1, -0.05) is 22.9 Å². The molecule has 1 atom stereocenters. The fraction of sp³-hybridized carbons (Fsp3) is 0.800. The third-order valence-corrected chi connectivity index (χ3v) is 2.91. The molecular weight excluding hydrogens is 264 g/mol. The first-order chi connectivity index (χ1) is 7.08. The van der Waals surface area contributed by atoms with Gasteiger partial charge < -0.3 is 9.47 Å². The summed E-state index contributed by atoms with van der Waals surface area (Å²) in [4.78, 5) is 23.0. The Bertz CT molecular complexity index is 199. The quantitative estimate of drug-likeness (QED) is 0.423. The Morgan fingerprint density at radius 3 is 1.80 bits per heavy atom. The average molecular weight is 281 g/mol. The Morgan fingerprint density at radius 1 is 1.13 bits per heavy atom. The van der Waals surface area contributed by atoms with Gasteiger partial charge in [0.15, 0.2) is 5.92 Å². The van der Waals surface area contributed by atoms with Crippen molar-refractivity contribution in [1.29, 1.82) is 0 Å². The van der Waals surface area contributed by atoms with Crippen LogP contribution in [0.15, 0.2) is 0 Å². The summed E-state index contributed by atoms with van der Waals surface area (Å²) in [5.41, 5.74) is 0. The van der Waals surface area contributed by atoms with E-state index in [1.165, 1.54) is 0 Å². The molecule has 0 aliphatic rings. The van der Waals surface area contributed by atoms with E-state index in [4.69, 9.17) is 9.47 Å². The molecule has 0 aliphatic carbocycles. The van der Waals surface area contributed by atoms with Crippen molar-refractivity contribution >= 4 is 27.9 Å². The van der Waals surface area contributed by atoms with E-state index in [-0.39, 0.29) is 19.1 Å². The minimum Gasteiger partial charge on any atom is -0.465 e. The molecule has 0 spiro atoms. The maximum absolute atomic E-state index is 11.5.